The van der Waals surface area contributed by atoms with Crippen LogP contribution in [0.3, 0.4) is 0 Å². The number of carbonyl (C=O) groups is 1. The quantitative estimate of drug-likeness (QED) is 0.390. The van der Waals surface area contributed by atoms with E-state index in [-0.39, 0.29) is 11.5 Å². The number of anilines is 2. The smallest absolute Gasteiger partial charge is 0.265 e. The van der Waals surface area contributed by atoms with Crippen molar-refractivity contribution in [2.24, 2.45) is 0 Å². The van der Waals surface area contributed by atoms with Gasteiger partial charge in [-0.2, -0.15) is 0 Å². The van der Waals surface area contributed by atoms with E-state index in [2.05, 4.69) is 42.8 Å². The lowest BCUT2D eigenvalue weighted by Gasteiger charge is -2.27. The van der Waals surface area contributed by atoms with Gasteiger partial charge >= 0.3 is 0 Å². The fourth-order valence-electron chi connectivity index (χ4n) is 3.74. The Kier molecular flexibility index (Phi) is 6.05. The minimum Gasteiger partial charge on any atom is -0.378 e. The zero-order valence-corrected chi connectivity index (χ0v) is 19.7. The third kappa shape index (κ3) is 4.46. The van der Waals surface area contributed by atoms with Crippen LogP contribution in [0.5, 0.6) is 0 Å². The van der Waals surface area contributed by atoms with Gasteiger partial charge in [-0.3, -0.25) is 14.2 Å². The lowest BCUT2D eigenvalue weighted by molar-refractivity contribution is 0.102. The van der Waals surface area contributed by atoms with Crippen LogP contribution in [0.15, 0.2) is 71.9 Å². The van der Waals surface area contributed by atoms with E-state index in [1.54, 1.807) is 30.5 Å². The van der Waals surface area contributed by atoms with Crippen LogP contribution in [0, 0.1) is 3.57 Å². The molecule has 1 aliphatic heterocycles. The highest BCUT2D eigenvalue weighted by molar-refractivity contribution is 14.1. The molecule has 0 atom stereocenters. The summed E-state index contributed by atoms with van der Waals surface area (Å²) in [4.78, 5) is 36.9. The van der Waals surface area contributed by atoms with Crippen LogP contribution in [0.1, 0.15) is 10.4 Å². The Labute approximate surface area is 203 Å². The summed E-state index contributed by atoms with van der Waals surface area (Å²) < 4.78 is 7.76. The van der Waals surface area contributed by atoms with Crippen molar-refractivity contribution < 1.29 is 9.53 Å². The van der Waals surface area contributed by atoms with E-state index in [0.29, 0.717) is 41.1 Å². The topological polar surface area (TPSA) is 89.3 Å². The summed E-state index contributed by atoms with van der Waals surface area (Å²) in [6, 6.07) is 16.2. The van der Waals surface area contributed by atoms with Crippen LogP contribution < -0.4 is 15.8 Å². The molecular weight excluding hydrogens is 533 g/mol. The highest BCUT2D eigenvalue weighted by atomic mass is 127. The van der Waals surface area contributed by atoms with Crippen molar-refractivity contribution in [1.82, 2.24) is 14.5 Å². The van der Waals surface area contributed by atoms with Gasteiger partial charge in [0.05, 0.1) is 29.8 Å². The number of hydrogen-bond acceptors (Lipinski definition) is 6. The maximum atomic E-state index is 13.0. The number of morpholine rings is 1. The minimum absolute atomic E-state index is 0.161. The summed E-state index contributed by atoms with van der Waals surface area (Å²) in [5.74, 6) is 0.506. The normalized spacial score (nSPS) is 13.8. The molecular formula is C24H20IN5O3. The first-order valence-electron chi connectivity index (χ1n) is 10.5. The molecule has 166 valence electrons. The number of para-hydroxylation sites is 1. The molecule has 0 radical (unpaired) electrons. The molecule has 8 nitrogen and oxygen atoms in total. The van der Waals surface area contributed by atoms with E-state index in [9.17, 15) is 9.59 Å². The molecule has 9 heteroatoms. The number of benzene rings is 2. The van der Waals surface area contributed by atoms with Crippen molar-refractivity contribution in [1.29, 1.82) is 0 Å². The Morgan fingerprint density at radius 1 is 1.03 bits per heavy atom. The second-order valence-electron chi connectivity index (χ2n) is 7.56. The molecule has 1 fully saturated rings. The van der Waals surface area contributed by atoms with Crippen molar-refractivity contribution in [3.8, 4) is 5.69 Å². The number of ether oxygens (including phenoxy) is 1. The maximum absolute atomic E-state index is 13.0. The molecule has 2 aromatic heterocycles. The van der Waals surface area contributed by atoms with Crippen molar-refractivity contribution in [3.63, 3.8) is 0 Å². The van der Waals surface area contributed by atoms with E-state index >= 15 is 0 Å². The number of nitrogens with zero attached hydrogens (tertiary/aromatic N) is 4. The summed E-state index contributed by atoms with van der Waals surface area (Å²) in [5.41, 5.74) is 2.23. The number of halogens is 1. The standard InChI is InChI=1S/C24H20IN5O3/c25-19-6-5-17(14-21(19)30-15-27-20-4-2-1-3-18(20)24(30)32)28-23(31)16-7-8-26-22(13-16)29-9-11-33-12-10-29/h1-8,13-15H,9-12H2,(H,28,31). The molecule has 1 N–H and O–H groups in total. The molecule has 1 saturated heterocycles. The van der Waals surface area contributed by atoms with E-state index in [0.717, 1.165) is 22.5 Å². The number of hydrogen-bond donors (Lipinski definition) is 1. The van der Waals surface area contributed by atoms with Gasteiger partial charge in [0.25, 0.3) is 11.5 Å². The number of rotatable bonds is 4. The van der Waals surface area contributed by atoms with Gasteiger partial charge in [0.2, 0.25) is 0 Å². The molecule has 2 aromatic carbocycles. The second-order valence-corrected chi connectivity index (χ2v) is 8.72. The fourth-order valence-corrected chi connectivity index (χ4v) is 4.34. The zero-order chi connectivity index (χ0) is 22.8. The van der Waals surface area contributed by atoms with Crippen LogP contribution in [-0.4, -0.2) is 46.7 Å². The number of aromatic nitrogens is 3. The van der Waals surface area contributed by atoms with Gasteiger partial charge < -0.3 is 15.0 Å². The number of nitrogens with one attached hydrogen (secondary N) is 1. The SMILES string of the molecule is O=C(Nc1ccc(I)c(-n2cnc3ccccc3c2=O)c1)c1ccnc(N2CCOCC2)c1. The lowest BCUT2D eigenvalue weighted by atomic mass is 10.2. The predicted octanol–water partition coefficient (Wildman–Crippen LogP) is 3.47. The highest BCUT2D eigenvalue weighted by Crippen LogP contribution is 2.22. The van der Waals surface area contributed by atoms with Gasteiger partial charge in [-0.1, -0.05) is 12.1 Å². The molecule has 0 unspecified atom stereocenters. The number of fused-ring (bicyclic) bond motifs is 1. The van der Waals surface area contributed by atoms with Crippen LogP contribution in [0.4, 0.5) is 11.5 Å². The fraction of sp³-hybridized carbons (Fsp3) is 0.167. The summed E-state index contributed by atoms with van der Waals surface area (Å²) >= 11 is 2.17. The van der Waals surface area contributed by atoms with Gasteiger partial charge in [-0.25, -0.2) is 9.97 Å². The van der Waals surface area contributed by atoms with Gasteiger partial charge in [0, 0.05) is 34.1 Å². The first-order chi connectivity index (χ1) is 16.1. The molecule has 4 aromatic rings. The summed E-state index contributed by atoms with van der Waals surface area (Å²) in [7, 11) is 0. The number of amides is 1. The Morgan fingerprint density at radius 2 is 1.85 bits per heavy atom. The van der Waals surface area contributed by atoms with Crippen molar-refractivity contribution in [2.75, 3.05) is 36.5 Å². The minimum atomic E-state index is -0.247. The molecule has 1 amide bonds. The molecule has 0 aliphatic carbocycles. The average molecular weight is 553 g/mol. The first kappa shape index (κ1) is 21.5. The van der Waals surface area contributed by atoms with E-state index < -0.39 is 0 Å². The first-order valence-corrected chi connectivity index (χ1v) is 11.5. The van der Waals surface area contributed by atoms with Crippen LogP contribution in [-0.2, 0) is 4.74 Å². The van der Waals surface area contributed by atoms with Gasteiger partial charge in [-0.05, 0) is 65.1 Å². The molecule has 3 heterocycles. The van der Waals surface area contributed by atoms with Gasteiger partial charge in [0.1, 0.15) is 12.1 Å². The summed E-state index contributed by atoms with van der Waals surface area (Å²) in [6.45, 7) is 2.78. The van der Waals surface area contributed by atoms with E-state index in [1.165, 1.54) is 10.9 Å². The summed E-state index contributed by atoms with van der Waals surface area (Å²) in [5, 5.41) is 3.47. The third-order valence-corrected chi connectivity index (χ3v) is 6.38. The average Bonchev–Trinajstić information content (AvgIpc) is 2.86. The highest BCUT2D eigenvalue weighted by Gasteiger charge is 2.16. The maximum Gasteiger partial charge on any atom is 0.265 e. The molecule has 0 spiro atoms. The van der Waals surface area contributed by atoms with Gasteiger partial charge in [-0.15, -0.1) is 0 Å². The Bertz CT molecular complexity index is 1400. The largest absolute Gasteiger partial charge is 0.378 e. The molecule has 33 heavy (non-hydrogen) atoms. The third-order valence-electron chi connectivity index (χ3n) is 5.47. The molecule has 5 rings (SSSR count). The predicted molar refractivity (Wildman–Crippen MR) is 135 cm³/mol. The van der Waals surface area contributed by atoms with E-state index in [4.69, 9.17) is 4.74 Å². The Balaban J connectivity index is 1.43. The summed E-state index contributed by atoms with van der Waals surface area (Å²) in [6.07, 6.45) is 3.16. The number of carbonyl (C=O) groups excluding carboxylic acids is 1. The Morgan fingerprint density at radius 3 is 2.70 bits per heavy atom. The van der Waals surface area contributed by atoms with E-state index in [1.807, 2.05) is 30.3 Å². The van der Waals surface area contributed by atoms with Gasteiger partial charge in [0.15, 0.2) is 0 Å². The lowest BCUT2D eigenvalue weighted by Crippen LogP contribution is -2.36. The Hall–Kier alpha value is -3.31. The zero-order valence-electron chi connectivity index (χ0n) is 17.6. The molecule has 0 saturated carbocycles. The van der Waals surface area contributed by atoms with Crippen molar-refractivity contribution >= 4 is 50.9 Å². The van der Waals surface area contributed by atoms with Crippen LogP contribution >= 0.6 is 22.6 Å². The monoisotopic (exact) mass is 553 g/mol. The van der Waals surface area contributed by atoms with Crippen molar-refractivity contribution in [3.05, 3.63) is 86.6 Å². The van der Waals surface area contributed by atoms with Crippen LogP contribution in [0.2, 0.25) is 0 Å². The van der Waals surface area contributed by atoms with Crippen molar-refractivity contribution in [2.45, 2.75) is 0 Å². The number of pyridine rings is 1. The second kappa shape index (κ2) is 9.28. The molecule has 0 bridgehead atoms. The molecule has 1 aliphatic rings. The van der Waals surface area contributed by atoms with Crippen LogP contribution in [0.25, 0.3) is 16.6 Å².